The Hall–Kier alpha value is -0.570. The number of hydrogen-bond donors (Lipinski definition) is 0. The van der Waals surface area contributed by atoms with E-state index in [-0.39, 0.29) is 0 Å². The van der Waals surface area contributed by atoms with Crippen LogP contribution in [0.4, 0.5) is 0 Å². The van der Waals surface area contributed by atoms with Crippen molar-refractivity contribution in [3.05, 3.63) is 0 Å². The van der Waals surface area contributed by atoms with Crippen LogP contribution >= 0.6 is 0 Å². The van der Waals surface area contributed by atoms with Gasteiger partial charge in [0.15, 0.2) is 0 Å². The van der Waals surface area contributed by atoms with Crippen LogP contribution in [0.25, 0.3) is 0 Å². The lowest BCUT2D eigenvalue weighted by molar-refractivity contribution is -0.909. The SMILES string of the molecule is CCC(CC)(CC)C(=O)[O-].CCC[N+](C)(CCC)CCC. The number of carboxylic acid groups (broad SMARTS) is 1. The Labute approximate surface area is 133 Å². The van der Waals surface area contributed by atoms with Gasteiger partial charge in [0, 0.05) is 11.4 Å². The molecule has 0 atom stereocenters. The smallest absolute Gasteiger partial charge is 0.0781 e. The fraction of sp³-hybridized carbons (Fsp3) is 0.944. The lowest BCUT2D eigenvalue weighted by Gasteiger charge is -2.33. The van der Waals surface area contributed by atoms with Crippen molar-refractivity contribution < 1.29 is 14.4 Å². The van der Waals surface area contributed by atoms with Gasteiger partial charge in [0.25, 0.3) is 0 Å². The largest absolute Gasteiger partial charge is 0.550 e. The molecule has 0 rings (SSSR count). The molecule has 0 aliphatic heterocycles. The van der Waals surface area contributed by atoms with E-state index in [2.05, 4.69) is 27.8 Å². The third-order valence-corrected chi connectivity index (χ3v) is 4.75. The number of rotatable bonds is 10. The predicted molar refractivity (Wildman–Crippen MR) is 90.0 cm³/mol. The molecule has 3 heteroatoms. The summed E-state index contributed by atoms with van der Waals surface area (Å²) in [5.74, 6) is -0.903. The van der Waals surface area contributed by atoms with Gasteiger partial charge in [0.2, 0.25) is 0 Å². The first-order valence-corrected chi connectivity index (χ1v) is 8.86. The molecule has 0 aliphatic carbocycles. The van der Waals surface area contributed by atoms with Gasteiger partial charge in [-0.2, -0.15) is 0 Å². The Morgan fingerprint density at radius 3 is 1.19 bits per heavy atom. The first-order chi connectivity index (χ1) is 9.81. The van der Waals surface area contributed by atoms with Gasteiger partial charge in [-0.15, -0.1) is 0 Å². The fourth-order valence-electron chi connectivity index (χ4n) is 3.14. The Kier molecular flexibility index (Phi) is 13.0. The molecular formula is C18H39NO2. The highest BCUT2D eigenvalue weighted by atomic mass is 16.4. The van der Waals surface area contributed by atoms with E-state index >= 15 is 0 Å². The first-order valence-electron chi connectivity index (χ1n) is 8.86. The van der Waals surface area contributed by atoms with Crippen LogP contribution in [0.3, 0.4) is 0 Å². The molecule has 21 heavy (non-hydrogen) atoms. The molecule has 128 valence electrons. The van der Waals surface area contributed by atoms with Gasteiger partial charge < -0.3 is 14.4 Å². The van der Waals surface area contributed by atoms with Crippen molar-refractivity contribution in [1.29, 1.82) is 0 Å². The minimum atomic E-state index is -0.903. The lowest BCUT2D eigenvalue weighted by atomic mass is 9.80. The van der Waals surface area contributed by atoms with Gasteiger partial charge in [-0.1, -0.05) is 41.5 Å². The predicted octanol–water partition coefficient (Wildman–Crippen LogP) is 3.62. The van der Waals surface area contributed by atoms with Crippen molar-refractivity contribution in [3.8, 4) is 0 Å². The average Bonchev–Trinajstić information content (AvgIpc) is 2.42. The molecule has 0 aliphatic rings. The van der Waals surface area contributed by atoms with Crippen LogP contribution in [0.15, 0.2) is 0 Å². The van der Waals surface area contributed by atoms with Gasteiger partial charge in [0.1, 0.15) is 0 Å². The Bertz CT molecular complexity index is 235. The average molecular weight is 302 g/mol. The van der Waals surface area contributed by atoms with E-state index in [0.717, 1.165) is 0 Å². The van der Waals surface area contributed by atoms with Crippen molar-refractivity contribution in [1.82, 2.24) is 0 Å². The number of aliphatic carboxylic acids is 1. The molecule has 0 amide bonds. The third kappa shape index (κ3) is 8.45. The van der Waals surface area contributed by atoms with Gasteiger partial charge in [-0.3, -0.25) is 0 Å². The van der Waals surface area contributed by atoms with Gasteiger partial charge in [-0.05, 0) is 38.5 Å². The standard InChI is InChI=1S/C10H24N.C8H16O2/c1-5-8-11(4,9-6-2)10-7-3;1-4-8(5-2,6-3)7(9)10/h5-10H2,1-4H3;4-6H2,1-3H3,(H,9,10)/q+1;/p-1. The van der Waals surface area contributed by atoms with Crippen LogP contribution in [0.5, 0.6) is 0 Å². The highest BCUT2D eigenvalue weighted by molar-refractivity contribution is 5.72. The molecule has 0 fully saturated rings. The van der Waals surface area contributed by atoms with Crippen molar-refractivity contribution in [2.24, 2.45) is 5.41 Å². The zero-order valence-electron chi connectivity index (χ0n) is 15.6. The third-order valence-electron chi connectivity index (χ3n) is 4.75. The zero-order valence-corrected chi connectivity index (χ0v) is 15.6. The molecule has 0 aromatic heterocycles. The van der Waals surface area contributed by atoms with Gasteiger partial charge in [0.05, 0.1) is 26.7 Å². The lowest BCUT2D eigenvalue weighted by Crippen LogP contribution is -2.45. The van der Waals surface area contributed by atoms with Crippen LogP contribution in [0.1, 0.15) is 80.1 Å². The molecule has 0 spiro atoms. The molecule has 0 saturated heterocycles. The second-order valence-electron chi connectivity index (χ2n) is 6.42. The minimum absolute atomic E-state index is 0.569. The molecular weight excluding hydrogens is 262 g/mol. The molecule has 3 nitrogen and oxygen atoms in total. The summed E-state index contributed by atoms with van der Waals surface area (Å²) in [5.41, 5.74) is -0.569. The maximum atomic E-state index is 10.6. The van der Waals surface area contributed by atoms with Crippen molar-refractivity contribution in [2.45, 2.75) is 80.1 Å². The topological polar surface area (TPSA) is 40.1 Å². The molecule has 0 aromatic carbocycles. The summed E-state index contributed by atoms with van der Waals surface area (Å²) in [4.78, 5) is 10.6. The van der Waals surface area contributed by atoms with E-state index in [1.54, 1.807) is 0 Å². The van der Waals surface area contributed by atoms with Crippen molar-refractivity contribution in [3.63, 3.8) is 0 Å². The molecule has 0 aromatic rings. The summed E-state index contributed by atoms with van der Waals surface area (Å²) < 4.78 is 1.28. The molecule has 0 radical (unpaired) electrons. The zero-order chi connectivity index (χ0) is 16.9. The van der Waals surface area contributed by atoms with Crippen molar-refractivity contribution in [2.75, 3.05) is 26.7 Å². The van der Waals surface area contributed by atoms with E-state index in [9.17, 15) is 9.90 Å². The molecule has 0 bridgehead atoms. The molecule has 0 heterocycles. The number of quaternary nitrogens is 1. The van der Waals surface area contributed by atoms with Gasteiger partial charge in [-0.25, -0.2) is 0 Å². The number of hydrogen-bond acceptors (Lipinski definition) is 2. The summed E-state index contributed by atoms with van der Waals surface area (Å²) in [6.45, 7) is 16.6. The highest BCUT2D eigenvalue weighted by Gasteiger charge is 2.24. The second-order valence-corrected chi connectivity index (χ2v) is 6.42. The van der Waals surface area contributed by atoms with E-state index < -0.39 is 11.4 Å². The maximum absolute atomic E-state index is 10.6. The minimum Gasteiger partial charge on any atom is -0.550 e. The summed E-state index contributed by atoms with van der Waals surface area (Å²) >= 11 is 0. The van der Waals surface area contributed by atoms with Crippen LogP contribution in [-0.4, -0.2) is 37.1 Å². The molecule has 0 unspecified atom stereocenters. The van der Waals surface area contributed by atoms with E-state index in [4.69, 9.17) is 0 Å². The Morgan fingerprint density at radius 2 is 1.10 bits per heavy atom. The monoisotopic (exact) mass is 301 g/mol. The van der Waals surface area contributed by atoms with Crippen LogP contribution in [0, 0.1) is 5.41 Å². The second kappa shape index (κ2) is 12.0. The summed E-state index contributed by atoms with van der Waals surface area (Å²) in [6, 6.07) is 0. The van der Waals surface area contributed by atoms with Crippen LogP contribution < -0.4 is 5.11 Å². The van der Waals surface area contributed by atoms with Crippen molar-refractivity contribution >= 4 is 5.97 Å². The quantitative estimate of drug-likeness (QED) is 0.578. The van der Waals surface area contributed by atoms with Gasteiger partial charge >= 0.3 is 0 Å². The van der Waals surface area contributed by atoms with E-state index in [1.165, 1.54) is 43.4 Å². The van der Waals surface area contributed by atoms with E-state index in [1.807, 2.05) is 20.8 Å². The van der Waals surface area contributed by atoms with E-state index in [0.29, 0.717) is 19.3 Å². The number of carboxylic acids is 1. The maximum Gasteiger partial charge on any atom is 0.0781 e. The number of nitrogens with zero attached hydrogens (tertiary/aromatic N) is 1. The number of carbonyl (C=O) groups excluding carboxylic acids is 1. The molecule has 0 N–H and O–H groups in total. The summed E-state index contributed by atoms with van der Waals surface area (Å²) in [6.07, 6.45) is 5.95. The molecule has 0 saturated carbocycles. The highest BCUT2D eigenvalue weighted by Crippen LogP contribution is 2.28. The Balaban J connectivity index is 0. The summed E-state index contributed by atoms with van der Waals surface area (Å²) in [7, 11) is 2.39. The normalized spacial score (nSPS) is 11.8. The number of carbonyl (C=O) groups is 1. The Morgan fingerprint density at radius 1 is 0.810 bits per heavy atom. The van der Waals surface area contributed by atoms with Crippen LogP contribution in [-0.2, 0) is 4.79 Å². The van der Waals surface area contributed by atoms with Crippen LogP contribution in [0.2, 0.25) is 0 Å². The summed E-state index contributed by atoms with van der Waals surface area (Å²) in [5, 5.41) is 10.6. The first kappa shape index (κ1) is 22.7. The fourth-order valence-corrected chi connectivity index (χ4v) is 3.14.